The van der Waals surface area contributed by atoms with Crippen molar-refractivity contribution in [2.24, 2.45) is 0 Å². The first-order valence-corrected chi connectivity index (χ1v) is 10.5. The van der Waals surface area contributed by atoms with Crippen LogP contribution in [0.1, 0.15) is 15.9 Å². The van der Waals surface area contributed by atoms with Gasteiger partial charge in [-0.3, -0.25) is 4.79 Å². The highest BCUT2D eigenvalue weighted by Gasteiger charge is 2.30. The smallest absolute Gasteiger partial charge is 0.416 e. The van der Waals surface area contributed by atoms with Gasteiger partial charge in [0.05, 0.1) is 10.9 Å². The number of rotatable bonds is 4. The number of aromatic amines is 1. The van der Waals surface area contributed by atoms with E-state index in [0.29, 0.717) is 33.5 Å². The van der Waals surface area contributed by atoms with Gasteiger partial charge in [-0.25, -0.2) is 4.98 Å². The first-order chi connectivity index (χ1) is 16.3. The highest BCUT2D eigenvalue weighted by molar-refractivity contribution is 6.30. The number of hydrogen-bond acceptors (Lipinski definition) is 3. The van der Waals surface area contributed by atoms with E-state index in [1.165, 1.54) is 12.1 Å². The van der Waals surface area contributed by atoms with E-state index < -0.39 is 17.6 Å². The van der Waals surface area contributed by atoms with Gasteiger partial charge >= 0.3 is 6.18 Å². The van der Waals surface area contributed by atoms with Gasteiger partial charge in [-0.05, 0) is 41.8 Å². The number of H-pyrrole nitrogens is 1. The second-order valence-corrected chi connectivity index (χ2v) is 7.86. The molecule has 5 rings (SSSR count). The van der Waals surface area contributed by atoms with Gasteiger partial charge in [0.25, 0.3) is 5.91 Å². The first-order valence-electron chi connectivity index (χ1n) is 10.1. The number of amides is 1. The molecule has 0 bridgehead atoms. The lowest BCUT2D eigenvalue weighted by Gasteiger charge is -2.13. The van der Waals surface area contributed by atoms with Crippen LogP contribution in [0.3, 0.4) is 0 Å². The van der Waals surface area contributed by atoms with Crippen molar-refractivity contribution >= 4 is 45.0 Å². The molecule has 34 heavy (non-hydrogen) atoms. The number of carbonyl (C=O) groups is 1. The minimum atomic E-state index is -4.51. The van der Waals surface area contributed by atoms with Crippen molar-refractivity contribution in [3.63, 3.8) is 0 Å². The Morgan fingerprint density at radius 1 is 0.912 bits per heavy atom. The lowest BCUT2D eigenvalue weighted by atomic mass is 10.0. The van der Waals surface area contributed by atoms with Crippen LogP contribution in [-0.2, 0) is 6.18 Å². The van der Waals surface area contributed by atoms with E-state index in [2.05, 4.69) is 15.3 Å². The fourth-order valence-electron chi connectivity index (χ4n) is 3.72. The topological polar surface area (TPSA) is 67.0 Å². The Morgan fingerprint density at radius 3 is 2.50 bits per heavy atom. The molecule has 0 radical (unpaired) electrons. The lowest BCUT2D eigenvalue weighted by Crippen LogP contribution is -2.13. The quantitative estimate of drug-likeness (QED) is 0.262. The number of pyridine rings is 1. The molecule has 2 N–H and O–H groups in total. The Kier molecular flexibility index (Phi) is 5.37. The summed E-state index contributed by atoms with van der Waals surface area (Å²) < 4.78 is 45.2. The average molecular weight is 482 g/mol. The third kappa shape index (κ3) is 4.15. The van der Waals surface area contributed by atoms with Crippen LogP contribution < -0.4 is 10.1 Å². The van der Waals surface area contributed by atoms with Crippen LogP contribution >= 0.6 is 11.6 Å². The monoisotopic (exact) mass is 481 g/mol. The molecule has 2 aromatic heterocycles. The third-order valence-corrected chi connectivity index (χ3v) is 5.45. The first kappa shape index (κ1) is 21.8. The molecule has 2 heterocycles. The number of alkyl halides is 3. The Morgan fingerprint density at radius 2 is 1.68 bits per heavy atom. The van der Waals surface area contributed by atoms with Gasteiger partial charge in [-0.1, -0.05) is 41.9 Å². The standard InChI is InChI=1S/C25H15ClF3N3O2/c26-22-13-21(19-10-11-30-23(19)32-22)34-20-9-3-6-16-17(20)7-2-8-18(16)24(33)31-15-5-1-4-14(12-15)25(27,28)29/h1-13H,(H,30,32)(H,31,33). The van der Waals surface area contributed by atoms with Crippen LogP contribution in [0.5, 0.6) is 11.5 Å². The summed E-state index contributed by atoms with van der Waals surface area (Å²) in [4.78, 5) is 20.2. The van der Waals surface area contributed by atoms with E-state index in [0.717, 1.165) is 17.5 Å². The summed E-state index contributed by atoms with van der Waals surface area (Å²) in [6.45, 7) is 0. The highest BCUT2D eigenvalue weighted by atomic mass is 35.5. The zero-order valence-electron chi connectivity index (χ0n) is 17.3. The Labute approximate surface area is 196 Å². The summed E-state index contributed by atoms with van der Waals surface area (Å²) >= 11 is 6.11. The number of benzene rings is 3. The van der Waals surface area contributed by atoms with Crippen LogP contribution in [0.2, 0.25) is 5.15 Å². The molecule has 0 aliphatic heterocycles. The molecule has 0 spiro atoms. The largest absolute Gasteiger partial charge is 0.456 e. The molecule has 3 aromatic carbocycles. The van der Waals surface area contributed by atoms with Gasteiger partial charge in [0, 0.05) is 28.9 Å². The number of nitrogens with one attached hydrogen (secondary N) is 2. The minimum Gasteiger partial charge on any atom is -0.456 e. The van der Waals surface area contributed by atoms with Gasteiger partial charge < -0.3 is 15.0 Å². The normalized spacial score (nSPS) is 11.6. The van der Waals surface area contributed by atoms with Crippen LogP contribution in [-0.4, -0.2) is 15.9 Å². The van der Waals surface area contributed by atoms with Crippen molar-refractivity contribution in [3.8, 4) is 11.5 Å². The van der Waals surface area contributed by atoms with E-state index in [9.17, 15) is 18.0 Å². The van der Waals surface area contributed by atoms with Gasteiger partial charge in [0.2, 0.25) is 0 Å². The molecule has 0 aliphatic carbocycles. The van der Waals surface area contributed by atoms with Crippen LogP contribution in [0.25, 0.3) is 21.8 Å². The van der Waals surface area contributed by atoms with Crippen molar-refractivity contribution in [3.05, 3.63) is 95.3 Å². The SMILES string of the molecule is O=C(Nc1cccc(C(F)(F)F)c1)c1cccc2c(Oc3cc(Cl)nc4[nH]ccc34)cccc12. The van der Waals surface area contributed by atoms with E-state index >= 15 is 0 Å². The number of aromatic nitrogens is 2. The van der Waals surface area contributed by atoms with Crippen LogP contribution in [0.15, 0.2) is 79.0 Å². The molecule has 0 unspecified atom stereocenters. The number of hydrogen-bond donors (Lipinski definition) is 2. The van der Waals surface area contributed by atoms with E-state index in [-0.39, 0.29) is 10.8 Å². The zero-order valence-corrected chi connectivity index (χ0v) is 18.0. The number of anilines is 1. The summed E-state index contributed by atoms with van der Waals surface area (Å²) in [5.41, 5.74) is 0.0697. The summed E-state index contributed by atoms with van der Waals surface area (Å²) in [6.07, 6.45) is -2.78. The number of ether oxygens (including phenoxy) is 1. The summed E-state index contributed by atoms with van der Waals surface area (Å²) in [6, 6.07) is 18.2. The maximum atomic E-state index is 13.0. The van der Waals surface area contributed by atoms with Crippen LogP contribution in [0, 0.1) is 0 Å². The van der Waals surface area contributed by atoms with Gasteiger partial charge in [-0.15, -0.1) is 0 Å². The van der Waals surface area contributed by atoms with Crippen molar-refractivity contribution in [1.29, 1.82) is 0 Å². The number of carbonyl (C=O) groups excluding carboxylic acids is 1. The van der Waals surface area contributed by atoms with Crippen LogP contribution in [0.4, 0.5) is 18.9 Å². The molecule has 170 valence electrons. The second-order valence-electron chi connectivity index (χ2n) is 7.47. The molecule has 0 fully saturated rings. The van der Waals surface area contributed by atoms with Gasteiger partial charge in [0.1, 0.15) is 22.3 Å². The van der Waals surface area contributed by atoms with Gasteiger partial charge in [-0.2, -0.15) is 13.2 Å². The molecule has 1 amide bonds. The number of nitrogens with zero attached hydrogens (tertiary/aromatic N) is 1. The molecule has 5 nitrogen and oxygen atoms in total. The molecular weight excluding hydrogens is 467 g/mol. The number of fused-ring (bicyclic) bond motifs is 2. The van der Waals surface area contributed by atoms with E-state index in [1.54, 1.807) is 48.7 Å². The molecular formula is C25H15ClF3N3O2. The Hall–Kier alpha value is -4.04. The Balaban J connectivity index is 1.50. The zero-order chi connectivity index (χ0) is 23.9. The second kappa shape index (κ2) is 8.39. The summed E-state index contributed by atoms with van der Waals surface area (Å²) in [7, 11) is 0. The van der Waals surface area contributed by atoms with Crippen molar-refractivity contribution in [2.45, 2.75) is 6.18 Å². The van der Waals surface area contributed by atoms with Crippen molar-refractivity contribution in [1.82, 2.24) is 9.97 Å². The highest BCUT2D eigenvalue weighted by Crippen LogP contribution is 2.36. The fourth-order valence-corrected chi connectivity index (χ4v) is 3.90. The van der Waals surface area contributed by atoms with Crippen molar-refractivity contribution in [2.75, 3.05) is 5.32 Å². The van der Waals surface area contributed by atoms with E-state index in [4.69, 9.17) is 16.3 Å². The lowest BCUT2D eigenvalue weighted by molar-refractivity contribution is -0.137. The maximum absolute atomic E-state index is 13.0. The van der Waals surface area contributed by atoms with Crippen molar-refractivity contribution < 1.29 is 22.7 Å². The minimum absolute atomic E-state index is 0.0468. The molecule has 0 saturated carbocycles. The summed E-state index contributed by atoms with van der Waals surface area (Å²) in [5, 5.41) is 4.77. The molecule has 0 atom stereocenters. The Bertz CT molecular complexity index is 1550. The van der Waals surface area contributed by atoms with E-state index in [1.807, 2.05) is 6.07 Å². The average Bonchev–Trinajstić information content (AvgIpc) is 3.27. The maximum Gasteiger partial charge on any atom is 0.416 e. The fraction of sp³-hybridized carbons (Fsp3) is 0.0400. The molecule has 9 heteroatoms. The third-order valence-electron chi connectivity index (χ3n) is 5.25. The molecule has 0 saturated heterocycles. The van der Waals surface area contributed by atoms with Gasteiger partial charge in [0.15, 0.2) is 0 Å². The summed E-state index contributed by atoms with van der Waals surface area (Å²) in [5.74, 6) is 0.431. The molecule has 5 aromatic rings. The number of halogens is 4. The predicted octanol–water partition coefficient (Wildman–Crippen LogP) is 7.43. The predicted molar refractivity (Wildman–Crippen MR) is 125 cm³/mol. The molecule has 0 aliphatic rings.